The molecule has 1 aliphatic carbocycles. The van der Waals surface area contributed by atoms with Gasteiger partial charge in [0.15, 0.2) is 0 Å². The van der Waals surface area contributed by atoms with Gasteiger partial charge in [-0.2, -0.15) is 0 Å². The summed E-state index contributed by atoms with van der Waals surface area (Å²) in [6.45, 7) is 2.19. The lowest BCUT2D eigenvalue weighted by atomic mass is 9.91. The van der Waals surface area contributed by atoms with Crippen molar-refractivity contribution in [1.82, 2.24) is 0 Å². The van der Waals surface area contributed by atoms with E-state index in [2.05, 4.69) is 55.5 Å². The van der Waals surface area contributed by atoms with Gasteiger partial charge in [0.2, 0.25) is 0 Å². The molecule has 0 spiro atoms. The Morgan fingerprint density at radius 3 is 2.38 bits per heavy atom. The molecule has 0 aromatic heterocycles. The Kier molecular flexibility index (Phi) is 2.61. The molecule has 1 nitrogen and oxygen atoms in total. The highest BCUT2D eigenvalue weighted by atomic mass is 14.5. The van der Waals surface area contributed by atoms with E-state index in [1.807, 2.05) is 12.1 Å². The summed E-state index contributed by atoms with van der Waals surface area (Å²) in [4.78, 5) is 0. The van der Waals surface area contributed by atoms with Crippen molar-refractivity contribution in [1.29, 1.82) is 0 Å². The van der Waals surface area contributed by atoms with Gasteiger partial charge < -0.3 is 5.73 Å². The third kappa shape index (κ3) is 1.85. The zero-order valence-corrected chi connectivity index (χ0v) is 12.1. The Bertz CT molecular complexity index is 829. The van der Waals surface area contributed by atoms with E-state index in [1.165, 1.54) is 38.9 Å². The molecule has 0 heterocycles. The Labute approximate surface area is 125 Å². The second kappa shape index (κ2) is 4.49. The monoisotopic (exact) mass is 271 g/mol. The number of nitrogens with two attached hydrogens (primary N) is 1. The molecule has 2 N–H and O–H groups in total. The van der Waals surface area contributed by atoms with E-state index >= 15 is 0 Å². The number of hydrogen-bond donors (Lipinski definition) is 1. The summed E-state index contributed by atoms with van der Waals surface area (Å²) in [6, 6.07) is 21.4. The highest BCUT2D eigenvalue weighted by Gasteiger charge is 2.22. The van der Waals surface area contributed by atoms with Crippen molar-refractivity contribution >= 4 is 5.69 Å². The van der Waals surface area contributed by atoms with Gasteiger partial charge in [-0.05, 0) is 64.4 Å². The number of nitrogen functional groups attached to an aromatic ring is 1. The van der Waals surface area contributed by atoms with Crippen molar-refractivity contribution in [2.75, 3.05) is 5.73 Å². The molecule has 1 aliphatic rings. The smallest absolute Gasteiger partial charge is 0.0314 e. The van der Waals surface area contributed by atoms with Gasteiger partial charge in [-0.15, -0.1) is 0 Å². The summed E-state index contributed by atoms with van der Waals surface area (Å²) in [7, 11) is 0. The number of hydrogen-bond acceptors (Lipinski definition) is 1. The Morgan fingerprint density at radius 1 is 0.810 bits per heavy atom. The topological polar surface area (TPSA) is 26.0 Å². The maximum atomic E-state index is 5.82. The molecule has 0 amide bonds. The zero-order valence-electron chi connectivity index (χ0n) is 12.1. The third-order valence-electron chi connectivity index (χ3n) is 4.40. The predicted octanol–water partition coefficient (Wildman–Crippen LogP) is 4.82. The Balaban J connectivity index is 1.96. The lowest BCUT2D eigenvalue weighted by molar-refractivity contribution is 1.25. The molecular weight excluding hydrogens is 254 g/mol. The first-order valence-electron chi connectivity index (χ1n) is 7.31. The zero-order chi connectivity index (χ0) is 14.4. The average Bonchev–Trinajstić information content (AvgIpc) is 2.87. The van der Waals surface area contributed by atoms with Crippen LogP contribution in [0.3, 0.4) is 0 Å². The van der Waals surface area contributed by atoms with Gasteiger partial charge in [-0.1, -0.05) is 48.5 Å². The number of anilines is 1. The van der Waals surface area contributed by atoms with Crippen LogP contribution in [0.4, 0.5) is 5.69 Å². The minimum atomic E-state index is 0.812. The van der Waals surface area contributed by atoms with Crippen LogP contribution in [0.25, 0.3) is 22.3 Å². The number of aryl methyl sites for hydroxylation is 1. The molecular formula is C20H17N. The fraction of sp³-hybridized carbons (Fsp3) is 0.100. The van der Waals surface area contributed by atoms with E-state index in [-0.39, 0.29) is 0 Å². The van der Waals surface area contributed by atoms with Crippen LogP contribution in [0.5, 0.6) is 0 Å². The van der Waals surface area contributed by atoms with Crippen molar-refractivity contribution in [2.45, 2.75) is 13.3 Å². The quantitative estimate of drug-likeness (QED) is 0.494. The van der Waals surface area contributed by atoms with Gasteiger partial charge in [-0.25, -0.2) is 0 Å². The molecule has 1 heteroatoms. The van der Waals surface area contributed by atoms with E-state index in [9.17, 15) is 0 Å². The Hall–Kier alpha value is -2.54. The van der Waals surface area contributed by atoms with Crippen molar-refractivity contribution < 1.29 is 0 Å². The van der Waals surface area contributed by atoms with Gasteiger partial charge in [-0.3, -0.25) is 0 Å². The molecule has 0 radical (unpaired) electrons. The minimum absolute atomic E-state index is 0.812. The standard InChI is InChI=1S/C20H17N/c1-13-6-11-18-17-5-3-2-4-15(17)12-19(18)20(13)14-7-9-16(21)10-8-14/h2-11H,12,21H2,1H3. The van der Waals surface area contributed by atoms with Crippen LogP contribution in [-0.2, 0) is 6.42 Å². The van der Waals surface area contributed by atoms with Crippen molar-refractivity contribution in [3.8, 4) is 22.3 Å². The second-order valence-corrected chi connectivity index (χ2v) is 5.74. The molecule has 0 bridgehead atoms. The van der Waals surface area contributed by atoms with E-state index in [0.717, 1.165) is 12.1 Å². The predicted molar refractivity (Wildman–Crippen MR) is 89.3 cm³/mol. The number of benzene rings is 3. The first-order chi connectivity index (χ1) is 10.2. The van der Waals surface area contributed by atoms with Gasteiger partial charge in [0.1, 0.15) is 0 Å². The van der Waals surface area contributed by atoms with Gasteiger partial charge in [0.05, 0.1) is 0 Å². The molecule has 4 rings (SSSR count). The SMILES string of the molecule is Cc1ccc2c(c1-c1ccc(N)cc1)Cc1ccccc1-2. The summed E-state index contributed by atoms with van der Waals surface area (Å²) >= 11 is 0. The van der Waals surface area contributed by atoms with Crippen molar-refractivity contribution in [2.24, 2.45) is 0 Å². The molecule has 3 aromatic carbocycles. The van der Waals surface area contributed by atoms with Crippen molar-refractivity contribution in [3.05, 3.63) is 77.4 Å². The fourth-order valence-electron chi connectivity index (χ4n) is 3.38. The van der Waals surface area contributed by atoms with Gasteiger partial charge in [0, 0.05) is 5.69 Å². The summed E-state index contributed by atoms with van der Waals surface area (Å²) < 4.78 is 0. The molecule has 0 atom stereocenters. The molecule has 0 saturated carbocycles. The van der Waals surface area contributed by atoms with Crippen molar-refractivity contribution in [3.63, 3.8) is 0 Å². The lowest BCUT2D eigenvalue weighted by Gasteiger charge is -2.13. The van der Waals surface area contributed by atoms with E-state index in [0.29, 0.717) is 0 Å². The fourth-order valence-corrected chi connectivity index (χ4v) is 3.38. The highest BCUT2D eigenvalue weighted by Crippen LogP contribution is 2.42. The summed E-state index contributed by atoms with van der Waals surface area (Å²) in [5, 5.41) is 0. The Morgan fingerprint density at radius 2 is 1.57 bits per heavy atom. The summed E-state index contributed by atoms with van der Waals surface area (Å²) in [6.07, 6.45) is 1.02. The maximum Gasteiger partial charge on any atom is 0.0314 e. The summed E-state index contributed by atoms with van der Waals surface area (Å²) in [5.41, 5.74) is 16.2. The second-order valence-electron chi connectivity index (χ2n) is 5.74. The molecule has 0 saturated heterocycles. The third-order valence-corrected chi connectivity index (χ3v) is 4.40. The first-order valence-corrected chi connectivity index (χ1v) is 7.31. The normalized spacial score (nSPS) is 12.0. The van der Waals surface area contributed by atoms with Crippen LogP contribution in [0, 0.1) is 6.92 Å². The molecule has 0 unspecified atom stereocenters. The van der Waals surface area contributed by atoms with Crippen LogP contribution < -0.4 is 5.73 Å². The lowest BCUT2D eigenvalue weighted by Crippen LogP contribution is -1.92. The molecule has 0 aliphatic heterocycles. The van der Waals surface area contributed by atoms with E-state index in [1.54, 1.807) is 0 Å². The molecule has 3 aromatic rings. The maximum absolute atomic E-state index is 5.82. The van der Waals surface area contributed by atoms with Crippen LogP contribution in [0.15, 0.2) is 60.7 Å². The van der Waals surface area contributed by atoms with Crippen LogP contribution in [0.2, 0.25) is 0 Å². The van der Waals surface area contributed by atoms with E-state index < -0.39 is 0 Å². The minimum Gasteiger partial charge on any atom is -0.399 e. The molecule has 21 heavy (non-hydrogen) atoms. The van der Waals surface area contributed by atoms with Crippen LogP contribution in [0.1, 0.15) is 16.7 Å². The molecule has 0 fully saturated rings. The van der Waals surface area contributed by atoms with Crippen LogP contribution in [-0.4, -0.2) is 0 Å². The van der Waals surface area contributed by atoms with Gasteiger partial charge in [0.25, 0.3) is 0 Å². The largest absolute Gasteiger partial charge is 0.399 e. The number of fused-ring (bicyclic) bond motifs is 3. The van der Waals surface area contributed by atoms with Gasteiger partial charge >= 0.3 is 0 Å². The van der Waals surface area contributed by atoms with Crippen LogP contribution >= 0.6 is 0 Å². The van der Waals surface area contributed by atoms with E-state index in [4.69, 9.17) is 5.73 Å². The number of rotatable bonds is 1. The first kappa shape index (κ1) is 12.2. The highest BCUT2D eigenvalue weighted by molar-refractivity contribution is 5.86. The molecule has 102 valence electrons. The summed E-state index contributed by atoms with van der Waals surface area (Å²) in [5.74, 6) is 0. The average molecular weight is 271 g/mol.